The quantitative estimate of drug-likeness (QED) is 0.317. The number of rotatable bonds is 7. The van der Waals surface area contributed by atoms with E-state index < -0.39 is 35.4 Å². The molecule has 15 heteroatoms. The van der Waals surface area contributed by atoms with Gasteiger partial charge >= 0.3 is 12.5 Å². The van der Waals surface area contributed by atoms with Crippen molar-refractivity contribution in [2.24, 2.45) is 11.8 Å². The summed E-state index contributed by atoms with van der Waals surface area (Å²) in [5.41, 5.74) is -4.81. The Bertz CT molecular complexity index is 1310. The van der Waals surface area contributed by atoms with Gasteiger partial charge in [-0.1, -0.05) is 23.7 Å². The molecule has 2 aliphatic rings. The third kappa shape index (κ3) is 7.46. The molecule has 2 amide bonds. The van der Waals surface area contributed by atoms with Crippen molar-refractivity contribution in [1.82, 2.24) is 15.2 Å². The zero-order valence-electron chi connectivity index (χ0n) is 23.1. The maximum absolute atomic E-state index is 14.1. The van der Waals surface area contributed by atoms with E-state index in [1.807, 2.05) is 0 Å². The van der Waals surface area contributed by atoms with E-state index in [0.717, 1.165) is 42.4 Å². The number of alkyl halides is 6. The second-order valence-corrected chi connectivity index (χ2v) is 11.1. The normalized spacial score (nSPS) is 18.7. The third-order valence-corrected chi connectivity index (χ3v) is 8.31. The van der Waals surface area contributed by atoms with Crippen molar-refractivity contribution >= 4 is 29.2 Å². The molecule has 43 heavy (non-hydrogen) atoms. The van der Waals surface area contributed by atoms with Gasteiger partial charge in [-0.3, -0.25) is 9.59 Å². The van der Waals surface area contributed by atoms with E-state index in [4.69, 9.17) is 11.6 Å². The van der Waals surface area contributed by atoms with Gasteiger partial charge in [-0.05, 0) is 68.2 Å². The van der Waals surface area contributed by atoms with Gasteiger partial charge in [0.15, 0.2) is 0 Å². The molecule has 2 aromatic rings. The molecule has 2 aliphatic heterocycles. The third-order valence-electron chi connectivity index (χ3n) is 8.02. The molecule has 1 aromatic carbocycles. The van der Waals surface area contributed by atoms with Crippen molar-refractivity contribution in [3.63, 3.8) is 0 Å². The average molecular weight is 637 g/mol. The van der Waals surface area contributed by atoms with Crippen molar-refractivity contribution in [1.29, 1.82) is 0 Å². The molecule has 0 spiro atoms. The van der Waals surface area contributed by atoms with E-state index in [0.29, 0.717) is 43.7 Å². The number of aromatic nitrogens is 1. The molecule has 236 valence electrons. The van der Waals surface area contributed by atoms with Crippen LogP contribution in [0.4, 0.5) is 32.2 Å². The second-order valence-electron chi connectivity index (χ2n) is 10.8. The molecule has 2 fully saturated rings. The van der Waals surface area contributed by atoms with Crippen LogP contribution in [0.25, 0.3) is 0 Å². The molecule has 0 bridgehead atoms. The molecule has 1 unspecified atom stereocenters. The van der Waals surface area contributed by atoms with Gasteiger partial charge in [0.2, 0.25) is 0 Å². The Morgan fingerprint density at radius 3 is 2.14 bits per heavy atom. The van der Waals surface area contributed by atoms with Crippen molar-refractivity contribution in [2.75, 3.05) is 38.1 Å². The van der Waals surface area contributed by atoms with Crippen LogP contribution in [0.15, 0.2) is 36.4 Å². The van der Waals surface area contributed by atoms with Crippen LogP contribution in [-0.4, -0.2) is 72.6 Å². The highest BCUT2D eigenvalue weighted by Crippen LogP contribution is 2.43. The molecular formula is C28H31ClF6N4O4. The van der Waals surface area contributed by atoms with E-state index >= 15 is 0 Å². The van der Waals surface area contributed by atoms with Crippen molar-refractivity contribution in [2.45, 2.75) is 50.2 Å². The summed E-state index contributed by atoms with van der Waals surface area (Å²) in [6.07, 6.45) is -7.29. The molecule has 2 saturated heterocycles. The maximum Gasteiger partial charge on any atom is 0.573 e. The topological polar surface area (TPSA) is 95.0 Å². The second kappa shape index (κ2) is 12.8. The number of carbonyl (C=O) groups excluding carboxylic acids is 2. The van der Waals surface area contributed by atoms with Crippen LogP contribution in [0, 0.1) is 11.8 Å². The Morgan fingerprint density at radius 1 is 1.00 bits per heavy atom. The molecule has 1 atom stereocenters. The molecule has 0 saturated carbocycles. The number of piperidine rings is 2. The first-order chi connectivity index (χ1) is 20.1. The molecule has 8 nitrogen and oxygen atoms in total. The van der Waals surface area contributed by atoms with Gasteiger partial charge < -0.3 is 25.0 Å². The number of anilines is 1. The predicted octanol–water partition coefficient (Wildman–Crippen LogP) is 5.29. The largest absolute Gasteiger partial charge is 0.573 e. The highest BCUT2D eigenvalue weighted by molar-refractivity contribution is 6.32. The van der Waals surface area contributed by atoms with Gasteiger partial charge in [0.1, 0.15) is 16.7 Å². The predicted molar refractivity (Wildman–Crippen MR) is 145 cm³/mol. The van der Waals surface area contributed by atoms with Crippen LogP contribution in [0.5, 0.6) is 5.75 Å². The molecule has 1 aromatic heterocycles. The Hall–Kier alpha value is -3.26. The number of carbonyl (C=O) groups is 2. The molecule has 4 rings (SSSR count). The minimum Gasteiger partial charge on any atom is -0.406 e. The number of hydrogen-bond donors (Lipinski definition) is 2. The van der Waals surface area contributed by atoms with Crippen LogP contribution >= 0.6 is 11.6 Å². The van der Waals surface area contributed by atoms with E-state index in [-0.39, 0.29) is 35.6 Å². The Kier molecular flexibility index (Phi) is 9.69. The molecule has 2 N–H and O–H groups in total. The van der Waals surface area contributed by atoms with Crippen LogP contribution in [0.2, 0.25) is 5.15 Å². The number of ether oxygens (including phenoxy) is 1. The number of likely N-dealkylation sites (tertiary alicyclic amines) is 1. The number of halogens is 7. The number of aliphatic hydroxyl groups is 1. The fourth-order valence-corrected chi connectivity index (χ4v) is 5.94. The summed E-state index contributed by atoms with van der Waals surface area (Å²) < 4.78 is 83.8. The zero-order valence-corrected chi connectivity index (χ0v) is 23.9. The number of benzene rings is 1. The van der Waals surface area contributed by atoms with Crippen molar-refractivity contribution in [3.05, 3.63) is 52.7 Å². The average Bonchev–Trinajstić information content (AvgIpc) is 2.95. The summed E-state index contributed by atoms with van der Waals surface area (Å²) >= 11 is 6.18. The van der Waals surface area contributed by atoms with Crippen molar-refractivity contribution in [3.8, 4) is 5.75 Å². The van der Waals surface area contributed by atoms with Gasteiger partial charge in [0, 0.05) is 38.8 Å². The summed E-state index contributed by atoms with van der Waals surface area (Å²) in [7, 11) is 1.50. The number of nitrogens with one attached hydrogen (secondary N) is 1. The van der Waals surface area contributed by atoms with Gasteiger partial charge in [0.05, 0.1) is 5.56 Å². The number of nitrogens with zero attached hydrogens (tertiary/aromatic N) is 3. The lowest BCUT2D eigenvalue weighted by atomic mass is 9.82. The SMILES string of the molecule is CNC(=O)c1ccc(N2CCC(CC3CCN(C(=O)C(O)(c4cccc(OC(F)(F)F)c4)C(F)(F)F)CC3)CC2)nc1Cl. The van der Waals surface area contributed by atoms with Crippen LogP contribution in [-0.2, 0) is 10.4 Å². The smallest absolute Gasteiger partial charge is 0.406 e. The standard InChI is InChI=1S/C28H31ClF6N4O4/c1-36-24(40)21-5-6-22(37-23(21)29)38-11-7-17(8-12-38)15-18-9-13-39(14-10-18)25(41)26(42,27(30,31)32)19-3-2-4-20(16-19)43-28(33,34)35/h2-6,16-18,42H,7-15H2,1H3,(H,36,40). The van der Waals surface area contributed by atoms with Gasteiger partial charge in [-0.15, -0.1) is 13.2 Å². The minimum absolute atomic E-state index is 0.0282. The van der Waals surface area contributed by atoms with E-state index in [9.17, 15) is 41.0 Å². The van der Waals surface area contributed by atoms with E-state index in [1.54, 1.807) is 12.1 Å². The lowest BCUT2D eigenvalue weighted by Crippen LogP contribution is -2.57. The summed E-state index contributed by atoms with van der Waals surface area (Å²) in [6.45, 7) is 1.36. The lowest BCUT2D eigenvalue weighted by molar-refractivity contribution is -0.274. The molecular weight excluding hydrogens is 606 g/mol. The number of amides is 2. The molecule has 3 heterocycles. The fraction of sp³-hybridized carbons (Fsp3) is 0.536. The van der Waals surface area contributed by atoms with Gasteiger partial charge in [-0.2, -0.15) is 13.2 Å². The summed E-state index contributed by atoms with van der Waals surface area (Å²) in [6, 6.07) is 6.11. The monoisotopic (exact) mass is 636 g/mol. The van der Waals surface area contributed by atoms with Crippen LogP contribution in [0.1, 0.15) is 48.0 Å². The van der Waals surface area contributed by atoms with E-state index in [1.165, 1.54) is 7.05 Å². The van der Waals surface area contributed by atoms with Crippen molar-refractivity contribution < 1.29 is 45.8 Å². The Labute approximate surface area is 248 Å². The van der Waals surface area contributed by atoms with Gasteiger partial charge in [0.25, 0.3) is 17.4 Å². The van der Waals surface area contributed by atoms with Crippen LogP contribution < -0.4 is 15.0 Å². The Balaban J connectivity index is 1.33. The maximum atomic E-state index is 14.1. The van der Waals surface area contributed by atoms with Crippen LogP contribution in [0.3, 0.4) is 0 Å². The first kappa shape index (κ1) is 32.6. The fourth-order valence-electron chi connectivity index (χ4n) is 5.70. The number of pyridine rings is 1. The summed E-state index contributed by atoms with van der Waals surface area (Å²) in [4.78, 5) is 32.3. The minimum atomic E-state index is -5.49. The highest BCUT2D eigenvalue weighted by Gasteiger charge is 2.62. The Morgan fingerprint density at radius 2 is 1.60 bits per heavy atom. The zero-order chi connectivity index (χ0) is 31.6. The van der Waals surface area contributed by atoms with E-state index in [2.05, 4.69) is 19.9 Å². The van der Waals surface area contributed by atoms with Gasteiger partial charge in [-0.25, -0.2) is 4.98 Å². The summed E-state index contributed by atoms with van der Waals surface area (Å²) in [5, 5.41) is 13.3. The first-order valence-electron chi connectivity index (χ1n) is 13.7. The first-order valence-corrected chi connectivity index (χ1v) is 14.1. The molecule has 0 radical (unpaired) electrons. The number of hydrogen-bond acceptors (Lipinski definition) is 6. The molecule has 0 aliphatic carbocycles. The lowest BCUT2D eigenvalue weighted by Gasteiger charge is -2.40. The highest BCUT2D eigenvalue weighted by atomic mass is 35.5. The summed E-state index contributed by atoms with van der Waals surface area (Å²) in [5.74, 6) is -1.77.